The summed E-state index contributed by atoms with van der Waals surface area (Å²) in [5.74, 6) is -5.53. The van der Waals surface area contributed by atoms with Crippen LogP contribution >= 0.6 is 7.82 Å². The number of carboxylic acid groups (broad SMARTS) is 5. The lowest BCUT2D eigenvalue weighted by atomic mass is 10.1. The van der Waals surface area contributed by atoms with Gasteiger partial charge >= 0.3 is 23.9 Å². The fourth-order valence-electron chi connectivity index (χ4n) is 2.89. The molecule has 1 aromatic heterocycles. The Kier molecular flexibility index (Phi) is 16.5. The standard InChI is InChI=1S/C11H14NO9P.2C5H9NO4/c13-8-7(5-20-22(17,18)19)21-10(9(8)14)12-3-1-2-6(4-12)11(15)16;2*6-3(5(9)10)1-2-4(7)8/h1-4,7-10,13-14H,5H2,(H2-,15,16,17,18,19);2*3H,1-2,6H2,(H,7,8)(H,9,10)/t7-,8-,9-,10-;2*3-/m100/s1. The number of nitrogens with zero attached hydrogens (tertiary/aromatic N) is 1. The van der Waals surface area contributed by atoms with Crippen molar-refractivity contribution < 1.29 is 99.4 Å². The summed E-state index contributed by atoms with van der Waals surface area (Å²) in [6.45, 7) is -0.764. The molecule has 0 radical (unpaired) electrons. The Bertz CT molecular complexity index is 1100. The van der Waals surface area contributed by atoms with E-state index in [0.29, 0.717) is 0 Å². The van der Waals surface area contributed by atoms with Crippen LogP contribution in [0.1, 0.15) is 42.3 Å². The summed E-state index contributed by atoms with van der Waals surface area (Å²) >= 11 is 0. The molecule has 20 nitrogen and oxygen atoms in total. The molecule has 0 bridgehead atoms. The number of pyridine rings is 1. The number of carbonyl (C=O) groups is 5. The lowest BCUT2D eigenvalue weighted by molar-refractivity contribution is -0.765. The number of aliphatic hydroxyl groups excluding tert-OH is 2. The number of hydrogen-bond acceptors (Lipinski definition) is 13. The van der Waals surface area contributed by atoms with E-state index in [1.54, 1.807) is 0 Å². The van der Waals surface area contributed by atoms with E-state index in [0.717, 1.165) is 6.20 Å². The number of phosphoric acid groups is 1. The molecule has 1 aliphatic heterocycles. The van der Waals surface area contributed by atoms with E-state index in [4.69, 9.17) is 25.2 Å². The van der Waals surface area contributed by atoms with Crippen molar-refractivity contribution in [2.75, 3.05) is 6.61 Å². The molecule has 42 heavy (non-hydrogen) atoms. The van der Waals surface area contributed by atoms with Crippen LogP contribution in [0.5, 0.6) is 0 Å². The van der Waals surface area contributed by atoms with Gasteiger partial charge in [0, 0.05) is 18.9 Å². The van der Waals surface area contributed by atoms with Crippen LogP contribution in [0, 0.1) is 0 Å². The molecule has 0 aliphatic carbocycles. The average Bonchev–Trinajstić information content (AvgIpc) is 3.18. The van der Waals surface area contributed by atoms with Gasteiger partial charge in [-0.15, -0.1) is 0 Å². The number of phosphoric ester groups is 1. The topological polar surface area (TPSA) is 371 Å². The fraction of sp³-hybridized carbons (Fsp3) is 0.524. The number of aromatic carboxylic acids is 1. The molecule has 238 valence electrons. The highest BCUT2D eigenvalue weighted by Gasteiger charge is 2.48. The van der Waals surface area contributed by atoms with Gasteiger partial charge in [-0.05, 0) is 6.07 Å². The van der Waals surface area contributed by atoms with Crippen LogP contribution in [0.3, 0.4) is 0 Å². The van der Waals surface area contributed by atoms with Gasteiger partial charge in [0.2, 0.25) is 0 Å². The first kappa shape index (κ1) is 38.4. The van der Waals surface area contributed by atoms with E-state index in [9.17, 15) is 53.6 Å². The summed E-state index contributed by atoms with van der Waals surface area (Å²) in [5.41, 5.74) is 6.31. The van der Waals surface area contributed by atoms with E-state index < -0.39 is 80.9 Å². The van der Waals surface area contributed by atoms with Crippen molar-refractivity contribution in [1.82, 2.24) is 0 Å². The predicted octanol–water partition coefficient (Wildman–Crippen LogP) is -7.11. The number of aliphatic carboxylic acids is 4. The zero-order chi connectivity index (χ0) is 32.8. The van der Waals surface area contributed by atoms with Crippen molar-refractivity contribution in [2.24, 2.45) is 0 Å². The van der Waals surface area contributed by atoms with Gasteiger partial charge < -0.3 is 75.6 Å². The molecule has 0 amide bonds. The molecule has 0 aromatic carbocycles. The van der Waals surface area contributed by atoms with E-state index in [2.05, 4.69) is 16.0 Å². The highest BCUT2D eigenvalue weighted by atomic mass is 31.2. The lowest BCUT2D eigenvalue weighted by Crippen LogP contribution is -2.64. The lowest BCUT2D eigenvalue weighted by Gasteiger charge is -2.30. The van der Waals surface area contributed by atoms with Gasteiger partial charge in [-0.1, -0.05) is 0 Å². The normalized spacial score (nSPS) is 21.0. The molecular formula is C21H32N3O17P. The van der Waals surface area contributed by atoms with Crippen molar-refractivity contribution in [3.8, 4) is 0 Å². The zero-order valence-electron chi connectivity index (χ0n) is 21.8. The molecule has 0 unspecified atom stereocenters. The van der Waals surface area contributed by atoms with Gasteiger partial charge in [0.25, 0.3) is 6.23 Å². The summed E-state index contributed by atoms with van der Waals surface area (Å²) in [6.07, 6.45) is -3.05. The Labute approximate surface area is 236 Å². The second-order valence-electron chi connectivity index (χ2n) is 8.55. The minimum Gasteiger partial charge on any atom is -0.790 e. The summed E-state index contributed by atoms with van der Waals surface area (Å²) in [6, 6.07) is 1.00. The molecule has 1 aliphatic rings. The predicted molar refractivity (Wildman–Crippen MR) is 123 cm³/mol. The molecule has 1 aromatic rings. The summed E-state index contributed by atoms with van der Waals surface area (Å²) in [4.78, 5) is 71.6. The summed E-state index contributed by atoms with van der Waals surface area (Å²) < 4.78 is 20.8. The first-order chi connectivity index (χ1) is 19.3. The SMILES string of the molecule is O=C([O-])c1ccc[n+]([C@@H]2O[C@H](COP(=O)([O-])[O-])[C@@H](O)[C@H]2O)c1.[NH3+][C@@H](CCC(=O)O)C(=O)O.[NH3+][C@@H](CCC(=O)O)C(=O)O. The highest BCUT2D eigenvalue weighted by molar-refractivity contribution is 7.43. The summed E-state index contributed by atoms with van der Waals surface area (Å²) in [7, 11) is -5.24. The Morgan fingerprint density at radius 2 is 1.43 bits per heavy atom. The van der Waals surface area contributed by atoms with Crippen LogP contribution in [-0.2, 0) is 33.0 Å². The number of carboxylic acids is 5. The second-order valence-corrected chi connectivity index (χ2v) is 9.70. The molecule has 6 atom stereocenters. The molecule has 12 N–H and O–H groups in total. The maximum absolute atomic E-state index is 10.8. The molecule has 1 saturated heterocycles. The van der Waals surface area contributed by atoms with Gasteiger partial charge in [-0.3, -0.25) is 9.59 Å². The molecule has 2 heterocycles. The summed E-state index contributed by atoms with van der Waals surface area (Å²) in [5, 5.41) is 63.2. The zero-order valence-corrected chi connectivity index (χ0v) is 22.7. The number of quaternary nitrogens is 2. The minimum atomic E-state index is -5.24. The smallest absolute Gasteiger partial charge is 0.362 e. The Hall–Kier alpha value is -3.59. The third-order valence-corrected chi connectivity index (χ3v) is 5.66. The van der Waals surface area contributed by atoms with Crippen molar-refractivity contribution in [3.63, 3.8) is 0 Å². The van der Waals surface area contributed by atoms with Crippen LogP contribution in [0.4, 0.5) is 0 Å². The minimum absolute atomic E-state index is 0.0880. The van der Waals surface area contributed by atoms with E-state index in [1.165, 1.54) is 22.9 Å². The number of hydrogen-bond donors (Lipinski definition) is 8. The van der Waals surface area contributed by atoms with Crippen LogP contribution in [-0.4, -0.2) is 97.5 Å². The van der Waals surface area contributed by atoms with E-state index >= 15 is 0 Å². The molecule has 1 fully saturated rings. The van der Waals surface area contributed by atoms with Crippen LogP contribution in [0.15, 0.2) is 24.5 Å². The van der Waals surface area contributed by atoms with Crippen LogP contribution in [0.2, 0.25) is 0 Å². The first-order valence-electron chi connectivity index (χ1n) is 11.7. The average molecular weight is 629 g/mol. The molecular weight excluding hydrogens is 597 g/mol. The maximum atomic E-state index is 10.8. The van der Waals surface area contributed by atoms with Gasteiger partial charge in [0.1, 0.15) is 12.2 Å². The number of aromatic nitrogens is 1. The van der Waals surface area contributed by atoms with Crippen LogP contribution in [0.25, 0.3) is 0 Å². The number of aliphatic hydroxyl groups is 2. The largest absolute Gasteiger partial charge is 0.790 e. The Balaban J connectivity index is 0.000000702. The van der Waals surface area contributed by atoms with E-state index in [1.807, 2.05) is 0 Å². The highest BCUT2D eigenvalue weighted by Crippen LogP contribution is 2.30. The fourth-order valence-corrected chi connectivity index (χ4v) is 3.22. The van der Waals surface area contributed by atoms with Gasteiger partial charge in [0.15, 0.2) is 30.6 Å². The molecule has 0 spiro atoms. The van der Waals surface area contributed by atoms with E-state index in [-0.39, 0.29) is 31.2 Å². The number of ether oxygens (including phenoxy) is 1. The van der Waals surface area contributed by atoms with Crippen molar-refractivity contribution in [1.29, 1.82) is 0 Å². The quantitative estimate of drug-likeness (QED) is 0.0741. The molecule has 2 rings (SSSR count). The van der Waals surface area contributed by atoms with Crippen molar-refractivity contribution >= 4 is 37.7 Å². The Morgan fingerprint density at radius 1 is 0.952 bits per heavy atom. The van der Waals surface area contributed by atoms with Crippen molar-refractivity contribution in [2.45, 2.75) is 62.3 Å². The van der Waals surface area contributed by atoms with Gasteiger partial charge in [0.05, 0.1) is 38.8 Å². The third kappa shape index (κ3) is 15.4. The third-order valence-electron chi connectivity index (χ3n) is 5.20. The number of rotatable bonds is 13. The second kappa shape index (κ2) is 18.1. The van der Waals surface area contributed by atoms with Crippen LogP contribution < -0.4 is 30.9 Å². The Morgan fingerprint density at radius 3 is 1.81 bits per heavy atom. The maximum Gasteiger partial charge on any atom is 0.362 e. The van der Waals surface area contributed by atoms with Gasteiger partial charge in [-0.25, -0.2) is 9.59 Å². The first-order valence-corrected chi connectivity index (χ1v) is 13.2. The van der Waals surface area contributed by atoms with Crippen molar-refractivity contribution in [3.05, 3.63) is 30.1 Å². The molecule has 21 heteroatoms. The van der Waals surface area contributed by atoms with Gasteiger partial charge in [-0.2, -0.15) is 4.57 Å². The number of carbonyl (C=O) groups excluding carboxylic acids is 1. The molecule has 0 saturated carbocycles. The monoisotopic (exact) mass is 629 g/mol.